The minimum absolute atomic E-state index is 0.268. The Morgan fingerprint density at radius 1 is 1.20 bits per heavy atom. The second-order valence-corrected chi connectivity index (χ2v) is 6.43. The molecule has 7 heteroatoms. The van der Waals surface area contributed by atoms with Gasteiger partial charge in [0.2, 0.25) is 0 Å². The van der Waals surface area contributed by atoms with Gasteiger partial charge in [0, 0.05) is 0 Å². The van der Waals surface area contributed by atoms with E-state index in [-0.39, 0.29) is 6.61 Å². The second-order valence-electron chi connectivity index (χ2n) is 4.50. The Balaban J connectivity index is 4.59. The van der Waals surface area contributed by atoms with Gasteiger partial charge in [-0.25, -0.2) is 0 Å². The molecule has 0 aliphatic carbocycles. The molecule has 0 amide bonds. The molecule has 0 aromatic heterocycles. The zero-order valence-electron chi connectivity index (χ0n) is 9.05. The molecule has 0 radical (unpaired) electrons. The fraction of sp³-hybridized carbons (Fsp3) is 1.00. The first-order valence-corrected chi connectivity index (χ1v) is 5.78. The molecular weight excluding hydrogens is 233 g/mol. The van der Waals surface area contributed by atoms with Crippen molar-refractivity contribution in [3.05, 3.63) is 0 Å². The molecule has 15 heavy (non-hydrogen) atoms. The average Bonchev–Trinajstić information content (AvgIpc) is 1.97. The van der Waals surface area contributed by atoms with Crippen LogP contribution in [-0.2, 0) is 14.3 Å². The van der Waals surface area contributed by atoms with Crippen molar-refractivity contribution in [1.82, 2.24) is 0 Å². The summed E-state index contributed by atoms with van der Waals surface area (Å²) in [6.45, 7) is 5.30. The number of halogens is 3. The van der Waals surface area contributed by atoms with Crippen molar-refractivity contribution in [1.29, 1.82) is 0 Å². The van der Waals surface area contributed by atoms with Crippen molar-refractivity contribution < 1.29 is 25.8 Å². The lowest BCUT2D eigenvalue weighted by molar-refractivity contribution is -0.128. The summed E-state index contributed by atoms with van der Waals surface area (Å²) < 4.78 is 62.8. The molecular formula is C8H15F3O3S. The van der Waals surface area contributed by atoms with Gasteiger partial charge in [0.15, 0.2) is 5.25 Å². The van der Waals surface area contributed by atoms with E-state index >= 15 is 0 Å². The van der Waals surface area contributed by atoms with E-state index in [0.717, 1.165) is 0 Å². The van der Waals surface area contributed by atoms with Gasteiger partial charge in [0.25, 0.3) is 10.1 Å². The SMILES string of the molecule is CC(C(F)(F)F)S(=O)(=O)OCC(C)(C)C. The van der Waals surface area contributed by atoms with Crippen LogP contribution in [0.2, 0.25) is 0 Å². The van der Waals surface area contributed by atoms with Crippen molar-refractivity contribution in [2.75, 3.05) is 6.61 Å². The molecule has 3 nitrogen and oxygen atoms in total. The third kappa shape index (κ3) is 5.36. The van der Waals surface area contributed by atoms with Gasteiger partial charge in [-0.1, -0.05) is 20.8 Å². The lowest BCUT2D eigenvalue weighted by atomic mass is 9.99. The van der Waals surface area contributed by atoms with E-state index < -0.39 is 27.0 Å². The maximum atomic E-state index is 12.1. The topological polar surface area (TPSA) is 43.4 Å². The third-order valence-corrected chi connectivity index (χ3v) is 3.13. The normalized spacial score (nSPS) is 16.5. The lowest BCUT2D eigenvalue weighted by Crippen LogP contribution is -2.36. The molecule has 0 spiro atoms. The summed E-state index contributed by atoms with van der Waals surface area (Å²) in [5.41, 5.74) is -0.502. The van der Waals surface area contributed by atoms with Crippen LogP contribution in [0, 0.1) is 5.41 Å². The van der Waals surface area contributed by atoms with E-state index in [1.54, 1.807) is 20.8 Å². The van der Waals surface area contributed by atoms with Crippen LogP contribution in [0.25, 0.3) is 0 Å². The van der Waals surface area contributed by atoms with Crippen molar-refractivity contribution >= 4 is 10.1 Å². The van der Waals surface area contributed by atoms with Gasteiger partial charge in [-0.3, -0.25) is 4.18 Å². The van der Waals surface area contributed by atoms with E-state index in [1.807, 2.05) is 0 Å². The second kappa shape index (κ2) is 4.29. The van der Waals surface area contributed by atoms with Crippen LogP contribution in [-0.4, -0.2) is 26.5 Å². The fourth-order valence-corrected chi connectivity index (χ4v) is 1.57. The highest BCUT2D eigenvalue weighted by molar-refractivity contribution is 7.87. The van der Waals surface area contributed by atoms with Gasteiger partial charge in [0.1, 0.15) is 0 Å². The van der Waals surface area contributed by atoms with Gasteiger partial charge >= 0.3 is 6.18 Å². The Morgan fingerprint density at radius 3 is 1.87 bits per heavy atom. The highest BCUT2D eigenvalue weighted by atomic mass is 32.2. The molecule has 92 valence electrons. The summed E-state index contributed by atoms with van der Waals surface area (Å²) in [6, 6.07) is 0. The smallest absolute Gasteiger partial charge is 0.269 e. The van der Waals surface area contributed by atoms with Crippen LogP contribution in [0.4, 0.5) is 13.2 Å². The van der Waals surface area contributed by atoms with Gasteiger partial charge in [-0.2, -0.15) is 21.6 Å². The Kier molecular flexibility index (Phi) is 4.20. The van der Waals surface area contributed by atoms with E-state index in [9.17, 15) is 21.6 Å². The zero-order chi connectivity index (χ0) is 12.5. The van der Waals surface area contributed by atoms with Crippen molar-refractivity contribution in [2.24, 2.45) is 5.41 Å². The number of rotatable bonds is 3. The summed E-state index contributed by atoms with van der Waals surface area (Å²) in [5, 5.41) is -2.49. The van der Waals surface area contributed by atoms with Crippen LogP contribution >= 0.6 is 0 Å². The third-order valence-electron chi connectivity index (χ3n) is 1.55. The Morgan fingerprint density at radius 2 is 1.60 bits per heavy atom. The minimum atomic E-state index is -4.79. The molecule has 0 aliphatic heterocycles. The molecule has 0 N–H and O–H groups in total. The molecule has 0 bridgehead atoms. The van der Waals surface area contributed by atoms with Crippen LogP contribution in [0.5, 0.6) is 0 Å². The van der Waals surface area contributed by atoms with Crippen LogP contribution in [0.1, 0.15) is 27.7 Å². The lowest BCUT2D eigenvalue weighted by Gasteiger charge is -2.21. The average molecular weight is 248 g/mol. The van der Waals surface area contributed by atoms with Crippen LogP contribution in [0.3, 0.4) is 0 Å². The minimum Gasteiger partial charge on any atom is -0.269 e. The monoisotopic (exact) mass is 248 g/mol. The van der Waals surface area contributed by atoms with Gasteiger partial charge in [0.05, 0.1) is 6.61 Å². The van der Waals surface area contributed by atoms with E-state index in [2.05, 4.69) is 4.18 Å². The largest absolute Gasteiger partial charge is 0.407 e. The Hall–Kier alpha value is -0.300. The summed E-state index contributed by atoms with van der Waals surface area (Å²) in [5.74, 6) is 0. The van der Waals surface area contributed by atoms with Gasteiger partial charge in [-0.15, -0.1) is 0 Å². The van der Waals surface area contributed by atoms with Crippen molar-refractivity contribution in [2.45, 2.75) is 39.1 Å². The van der Waals surface area contributed by atoms with E-state index in [4.69, 9.17) is 0 Å². The molecule has 1 atom stereocenters. The zero-order valence-corrected chi connectivity index (χ0v) is 9.87. The maximum absolute atomic E-state index is 12.1. The van der Waals surface area contributed by atoms with Crippen LogP contribution in [0.15, 0.2) is 0 Å². The first-order valence-electron chi connectivity index (χ1n) is 4.31. The summed E-state index contributed by atoms with van der Waals surface area (Å²) in [6.07, 6.45) is -4.79. The molecule has 0 aliphatic rings. The molecule has 1 unspecified atom stereocenters. The highest BCUT2D eigenvalue weighted by Gasteiger charge is 2.46. The van der Waals surface area contributed by atoms with Crippen molar-refractivity contribution in [3.63, 3.8) is 0 Å². The first-order chi connectivity index (χ1) is 6.36. The highest BCUT2D eigenvalue weighted by Crippen LogP contribution is 2.27. The first kappa shape index (κ1) is 14.7. The molecule has 0 saturated heterocycles. The Labute approximate surface area is 87.7 Å². The molecule has 0 heterocycles. The number of hydrogen-bond donors (Lipinski definition) is 0. The standard InChI is InChI=1S/C8H15F3O3S/c1-6(8(9,10)11)15(12,13)14-5-7(2,3)4/h6H,5H2,1-4H3. The molecule has 0 rings (SSSR count). The summed E-state index contributed by atoms with van der Waals surface area (Å²) in [4.78, 5) is 0. The summed E-state index contributed by atoms with van der Waals surface area (Å²) >= 11 is 0. The quantitative estimate of drug-likeness (QED) is 0.720. The van der Waals surface area contributed by atoms with Gasteiger partial charge in [-0.05, 0) is 12.3 Å². The molecule has 0 fully saturated rings. The number of hydrogen-bond acceptors (Lipinski definition) is 3. The molecule has 0 saturated carbocycles. The Bertz CT molecular complexity index is 300. The number of alkyl halides is 3. The summed E-state index contributed by atoms with van der Waals surface area (Å²) in [7, 11) is -4.58. The van der Waals surface area contributed by atoms with E-state index in [0.29, 0.717) is 6.92 Å². The van der Waals surface area contributed by atoms with E-state index in [1.165, 1.54) is 0 Å². The molecule has 0 aromatic rings. The maximum Gasteiger partial charge on any atom is 0.407 e. The van der Waals surface area contributed by atoms with Crippen molar-refractivity contribution in [3.8, 4) is 0 Å². The fourth-order valence-electron chi connectivity index (χ4n) is 0.525. The van der Waals surface area contributed by atoms with Crippen LogP contribution < -0.4 is 0 Å². The molecule has 0 aromatic carbocycles. The predicted octanol–water partition coefficient (Wildman–Crippen LogP) is 2.33. The predicted molar refractivity (Wildman–Crippen MR) is 49.8 cm³/mol. The van der Waals surface area contributed by atoms with Gasteiger partial charge < -0.3 is 0 Å².